The second-order valence-electron chi connectivity index (χ2n) is 6.38. The van der Waals surface area contributed by atoms with Gasteiger partial charge >= 0.3 is 0 Å². The van der Waals surface area contributed by atoms with E-state index in [4.69, 9.17) is 5.11 Å². The number of rotatable bonds is 2. The molecule has 2 atom stereocenters. The molecular formula is C19H25NO. The number of nitrogens with zero attached hydrogens (tertiary/aromatic N) is 1. The van der Waals surface area contributed by atoms with Crippen LogP contribution in [0.1, 0.15) is 49.7 Å². The van der Waals surface area contributed by atoms with Crippen molar-refractivity contribution in [3.8, 4) is 11.8 Å². The Kier molecular flexibility index (Phi) is 4.95. The largest absolute Gasteiger partial charge is 0.384 e. The number of piperidine rings is 1. The third kappa shape index (κ3) is 3.67. The fourth-order valence-corrected chi connectivity index (χ4v) is 3.99. The minimum absolute atomic E-state index is 0.0708. The van der Waals surface area contributed by atoms with Crippen LogP contribution >= 0.6 is 0 Å². The van der Waals surface area contributed by atoms with Crippen LogP contribution in [0.5, 0.6) is 0 Å². The quantitative estimate of drug-likeness (QED) is 0.843. The first kappa shape index (κ1) is 14.6. The molecule has 0 spiro atoms. The summed E-state index contributed by atoms with van der Waals surface area (Å²) in [7, 11) is 0. The van der Waals surface area contributed by atoms with Crippen molar-refractivity contribution < 1.29 is 5.11 Å². The normalized spacial score (nSPS) is 25.8. The average Bonchev–Trinajstić information content (AvgIpc) is 2.55. The Morgan fingerprint density at radius 2 is 1.81 bits per heavy atom. The molecule has 0 amide bonds. The van der Waals surface area contributed by atoms with Gasteiger partial charge in [-0.3, -0.25) is 4.90 Å². The molecule has 1 aromatic carbocycles. The van der Waals surface area contributed by atoms with E-state index in [-0.39, 0.29) is 6.61 Å². The first-order chi connectivity index (χ1) is 10.4. The summed E-state index contributed by atoms with van der Waals surface area (Å²) in [5.74, 6) is 6.60. The van der Waals surface area contributed by atoms with Crippen molar-refractivity contribution in [3.63, 3.8) is 0 Å². The van der Waals surface area contributed by atoms with Gasteiger partial charge in [-0.05, 0) is 55.8 Å². The van der Waals surface area contributed by atoms with E-state index in [0.29, 0.717) is 0 Å². The predicted molar refractivity (Wildman–Crippen MR) is 85.8 cm³/mol. The minimum Gasteiger partial charge on any atom is -0.384 e. The molecule has 2 heteroatoms. The standard InChI is InChI=1S/C19H25NO/c21-14-4-5-16-9-11-17(12-10-16)15-20-13-3-7-18-6-1-2-8-19(18)20/h9-12,18-19,21H,1-3,6-8,13-15H2/t18-,19-/m1/s1. The molecule has 112 valence electrons. The van der Waals surface area contributed by atoms with E-state index >= 15 is 0 Å². The Bertz CT molecular complexity index is 509. The molecule has 3 rings (SSSR count). The fraction of sp³-hybridized carbons (Fsp3) is 0.579. The highest BCUT2D eigenvalue weighted by molar-refractivity contribution is 5.36. The number of aliphatic hydroxyl groups is 1. The van der Waals surface area contributed by atoms with Crippen molar-refractivity contribution in [2.45, 2.75) is 51.1 Å². The molecule has 1 aromatic rings. The van der Waals surface area contributed by atoms with Gasteiger partial charge in [0.25, 0.3) is 0 Å². The summed E-state index contributed by atoms with van der Waals surface area (Å²) in [6.07, 6.45) is 8.49. The van der Waals surface area contributed by atoms with Gasteiger partial charge in [0, 0.05) is 18.2 Å². The van der Waals surface area contributed by atoms with Crippen LogP contribution in [0.4, 0.5) is 0 Å². The lowest BCUT2D eigenvalue weighted by atomic mass is 9.78. The molecular weight excluding hydrogens is 258 g/mol. The SMILES string of the molecule is OCC#Cc1ccc(CN2CCC[C@H]3CCCC[C@H]32)cc1. The van der Waals surface area contributed by atoms with E-state index in [2.05, 4.69) is 41.0 Å². The van der Waals surface area contributed by atoms with Gasteiger partial charge < -0.3 is 5.11 Å². The van der Waals surface area contributed by atoms with Crippen molar-refractivity contribution in [1.29, 1.82) is 0 Å². The molecule has 1 saturated heterocycles. The molecule has 2 aliphatic rings. The Morgan fingerprint density at radius 3 is 2.62 bits per heavy atom. The van der Waals surface area contributed by atoms with Crippen LogP contribution in [-0.2, 0) is 6.54 Å². The maximum Gasteiger partial charge on any atom is 0.104 e. The topological polar surface area (TPSA) is 23.5 Å². The number of benzene rings is 1. The predicted octanol–water partition coefficient (Wildman–Crippen LogP) is 3.19. The maximum atomic E-state index is 8.73. The highest BCUT2D eigenvalue weighted by Gasteiger charge is 2.32. The minimum atomic E-state index is -0.0708. The number of fused-ring (bicyclic) bond motifs is 1. The van der Waals surface area contributed by atoms with E-state index in [0.717, 1.165) is 24.1 Å². The van der Waals surface area contributed by atoms with Crippen LogP contribution in [0.15, 0.2) is 24.3 Å². The summed E-state index contributed by atoms with van der Waals surface area (Å²) >= 11 is 0. The highest BCUT2D eigenvalue weighted by Crippen LogP contribution is 2.35. The summed E-state index contributed by atoms with van der Waals surface area (Å²) in [5, 5.41) is 8.73. The number of likely N-dealkylation sites (tertiary alicyclic amines) is 1. The number of aliphatic hydroxyl groups excluding tert-OH is 1. The smallest absolute Gasteiger partial charge is 0.104 e. The Balaban J connectivity index is 1.65. The molecule has 0 bridgehead atoms. The van der Waals surface area contributed by atoms with Gasteiger partial charge in [0.15, 0.2) is 0 Å². The van der Waals surface area contributed by atoms with Gasteiger partial charge in [0.2, 0.25) is 0 Å². The van der Waals surface area contributed by atoms with Crippen molar-refractivity contribution in [1.82, 2.24) is 4.90 Å². The number of hydrogen-bond donors (Lipinski definition) is 1. The van der Waals surface area contributed by atoms with Crippen LogP contribution in [0.25, 0.3) is 0 Å². The van der Waals surface area contributed by atoms with Crippen molar-refractivity contribution in [2.24, 2.45) is 5.92 Å². The maximum absolute atomic E-state index is 8.73. The first-order valence-electron chi connectivity index (χ1n) is 8.29. The summed E-state index contributed by atoms with van der Waals surface area (Å²) in [6, 6.07) is 9.34. The zero-order chi connectivity index (χ0) is 14.5. The van der Waals surface area contributed by atoms with E-state index in [1.807, 2.05) is 0 Å². The second-order valence-corrected chi connectivity index (χ2v) is 6.38. The third-order valence-electron chi connectivity index (χ3n) is 5.01. The Hall–Kier alpha value is -1.30. The lowest BCUT2D eigenvalue weighted by Crippen LogP contribution is -2.46. The zero-order valence-corrected chi connectivity index (χ0v) is 12.7. The van der Waals surface area contributed by atoms with Crippen molar-refractivity contribution in [2.75, 3.05) is 13.2 Å². The monoisotopic (exact) mass is 283 g/mol. The van der Waals surface area contributed by atoms with Crippen molar-refractivity contribution >= 4 is 0 Å². The second kappa shape index (κ2) is 7.11. The molecule has 0 unspecified atom stereocenters. The molecule has 1 aliphatic heterocycles. The van der Waals surface area contributed by atoms with E-state index in [1.54, 1.807) is 0 Å². The molecule has 2 nitrogen and oxygen atoms in total. The molecule has 21 heavy (non-hydrogen) atoms. The molecule has 0 radical (unpaired) electrons. The summed E-state index contributed by atoms with van der Waals surface area (Å²) in [4.78, 5) is 2.71. The molecule has 1 aliphatic carbocycles. The fourth-order valence-electron chi connectivity index (χ4n) is 3.99. The molecule has 0 aromatic heterocycles. The molecule has 1 heterocycles. The van der Waals surface area contributed by atoms with Crippen LogP contribution in [0.3, 0.4) is 0 Å². The Morgan fingerprint density at radius 1 is 1.05 bits per heavy atom. The van der Waals surface area contributed by atoms with Crippen molar-refractivity contribution in [3.05, 3.63) is 35.4 Å². The van der Waals surface area contributed by atoms with Crippen LogP contribution < -0.4 is 0 Å². The van der Waals surface area contributed by atoms with Gasteiger partial charge in [-0.25, -0.2) is 0 Å². The lowest BCUT2D eigenvalue weighted by Gasteiger charge is -2.44. The van der Waals surface area contributed by atoms with E-state index in [1.165, 1.54) is 50.6 Å². The summed E-state index contributed by atoms with van der Waals surface area (Å²) < 4.78 is 0. The van der Waals surface area contributed by atoms with E-state index < -0.39 is 0 Å². The van der Waals surface area contributed by atoms with Gasteiger partial charge in [-0.2, -0.15) is 0 Å². The van der Waals surface area contributed by atoms with Crippen LogP contribution in [-0.4, -0.2) is 29.2 Å². The van der Waals surface area contributed by atoms with Gasteiger partial charge in [0.05, 0.1) is 0 Å². The van der Waals surface area contributed by atoms with Crippen LogP contribution in [0.2, 0.25) is 0 Å². The first-order valence-corrected chi connectivity index (χ1v) is 8.29. The molecule has 1 saturated carbocycles. The summed E-state index contributed by atoms with van der Waals surface area (Å²) in [5.41, 5.74) is 2.37. The molecule has 1 N–H and O–H groups in total. The highest BCUT2D eigenvalue weighted by atomic mass is 16.2. The zero-order valence-electron chi connectivity index (χ0n) is 12.7. The van der Waals surface area contributed by atoms with Crippen LogP contribution in [0, 0.1) is 17.8 Å². The number of hydrogen-bond acceptors (Lipinski definition) is 2. The van der Waals surface area contributed by atoms with Gasteiger partial charge in [-0.1, -0.05) is 36.8 Å². The third-order valence-corrected chi connectivity index (χ3v) is 5.01. The summed E-state index contributed by atoms with van der Waals surface area (Å²) in [6.45, 7) is 2.26. The van der Waals surface area contributed by atoms with Gasteiger partial charge in [-0.15, -0.1) is 0 Å². The lowest BCUT2D eigenvalue weighted by molar-refractivity contribution is 0.0547. The van der Waals surface area contributed by atoms with Gasteiger partial charge in [0.1, 0.15) is 6.61 Å². The van der Waals surface area contributed by atoms with E-state index in [9.17, 15) is 0 Å². The average molecular weight is 283 g/mol. The molecule has 2 fully saturated rings. The Labute approximate surface area is 128 Å².